The van der Waals surface area contributed by atoms with E-state index in [1.165, 1.54) is 12.1 Å². The second-order valence-electron chi connectivity index (χ2n) is 6.37. The van der Waals surface area contributed by atoms with Crippen LogP contribution in [0.2, 0.25) is 0 Å². The van der Waals surface area contributed by atoms with Crippen molar-refractivity contribution >= 4 is 17.3 Å². The van der Waals surface area contributed by atoms with Gasteiger partial charge in [-0.25, -0.2) is 4.39 Å². The van der Waals surface area contributed by atoms with Gasteiger partial charge in [0.25, 0.3) is 0 Å². The Morgan fingerprint density at radius 1 is 1.19 bits per heavy atom. The van der Waals surface area contributed by atoms with Gasteiger partial charge in [0.2, 0.25) is 0 Å². The van der Waals surface area contributed by atoms with Crippen LogP contribution in [0.5, 0.6) is 5.75 Å². The number of allylic oxidation sites excluding steroid dienone is 2. The Bertz CT molecular complexity index is 887. The Morgan fingerprint density at radius 3 is 2.67 bits per heavy atom. The number of halogens is 1. The molecule has 2 aromatic carbocycles. The molecule has 0 spiro atoms. The minimum absolute atomic E-state index is 0.166. The van der Waals surface area contributed by atoms with E-state index in [4.69, 9.17) is 9.47 Å². The summed E-state index contributed by atoms with van der Waals surface area (Å²) in [5.74, 6) is -2.42. The number of ether oxygens (including phenoxy) is 2. The molecule has 0 heterocycles. The Balaban J connectivity index is 2.05. The third-order valence-corrected chi connectivity index (χ3v) is 4.75. The largest absolute Gasteiger partial charge is 0.497 e. The monoisotopic (exact) mass is 368 g/mol. The van der Waals surface area contributed by atoms with Crippen LogP contribution in [0.1, 0.15) is 30.4 Å². The highest BCUT2D eigenvalue weighted by Crippen LogP contribution is 2.41. The van der Waals surface area contributed by atoms with Crippen molar-refractivity contribution in [2.75, 3.05) is 13.7 Å². The number of methoxy groups -OCH3 is 1. The molecule has 0 bridgehead atoms. The lowest BCUT2D eigenvalue weighted by Gasteiger charge is -2.29. The molecule has 2 atom stereocenters. The molecule has 5 heteroatoms. The highest BCUT2D eigenvalue weighted by Gasteiger charge is 2.40. The number of esters is 1. The highest BCUT2D eigenvalue weighted by molar-refractivity contribution is 6.10. The summed E-state index contributed by atoms with van der Waals surface area (Å²) in [5.41, 5.74) is 1.90. The van der Waals surface area contributed by atoms with Gasteiger partial charge in [-0.05, 0) is 54.3 Å². The summed E-state index contributed by atoms with van der Waals surface area (Å²) in [4.78, 5) is 25.2. The quantitative estimate of drug-likeness (QED) is 0.588. The number of hydrogen-bond acceptors (Lipinski definition) is 4. The van der Waals surface area contributed by atoms with Gasteiger partial charge in [0, 0.05) is 5.92 Å². The van der Waals surface area contributed by atoms with Crippen LogP contribution in [0.25, 0.3) is 5.57 Å². The molecular weight excluding hydrogens is 347 g/mol. The zero-order chi connectivity index (χ0) is 19.4. The average molecular weight is 368 g/mol. The summed E-state index contributed by atoms with van der Waals surface area (Å²) in [6.07, 6.45) is 1.82. The van der Waals surface area contributed by atoms with Crippen LogP contribution >= 0.6 is 0 Å². The summed E-state index contributed by atoms with van der Waals surface area (Å²) in [6.45, 7) is 1.85. The van der Waals surface area contributed by atoms with Gasteiger partial charge >= 0.3 is 5.97 Å². The molecule has 1 aliphatic rings. The number of benzene rings is 2. The van der Waals surface area contributed by atoms with Crippen LogP contribution in [0, 0.1) is 11.7 Å². The second kappa shape index (κ2) is 8.16. The summed E-state index contributed by atoms with van der Waals surface area (Å²) in [7, 11) is 1.57. The van der Waals surface area contributed by atoms with E-state index in [0.29, 0.717) is 17.7 Å². The Hall–Kier alpha value is -2.95. The molecule has 4 nitrogen and oxygen atoms in total. The van der Waals surface area contributed by atoms with Gasteiger partial charge in [-0.3, -0.25) is 9.59 Å². The number of carbonyl (C=O) groups excluding carboxylic acids is 2. The predicted molar refractivity (Wildman–Crippen MR) is 99.9 cm³/mol. The van der Waals surface area contributed by atoms with Gasteiger partial charge in [-0.1, -0.05) is 30.3 Å². The van der Waals surface area contributed by atoms with Crippen LogP contribution in [0.3, 0.4) is 0 Å². The molecule has 1 aliphatic carbocycles. The molecule has 0 aromatic heterocycles. The standard InChI is InChI=1S/C22H21FO4/c1-3-27-22(25)21-18(17-9-4-5-10-19(17)23)12-15(13-20(21)24)14-7-6-8-16(11-14)26-2/h4-11,13,18,21H,3,12H2,1-2H3. The van der Waals surface area contributed by atoms with Crippen molar-refractivity contribution in [2.24, 2.45) is 5.92 Å². The molecule has 0 saturated carbocycles. The molecule has 0 fully saturated rings. The minimum Gasteiger partial charge on any atom is -0.497 e. The van der Waals surface area contributed by atoms with Gasteiger partial charge in [-0.15, -0.1) is 0 Å². The summed E-state index contributed by atoms with van der Waals surface area (Å²) < 4.78 is 24.8. The van der Waals surface area contributed by atoms with E-state index in [2.05, 4.69) is 0 Å². The van der Waals surface area contributed by atoms with Gasteiger partial charge in [0.15, 0.2) is 5.78 Å². The summed E-state index contributed by atoms with van der Waals surface area (Å²) in [5, 5.41) is 0. The fourth-order valence-electron chi connectivity index (χ4n) is 3.48. The maximum atomic E-state index is 14.5. The number of ketones is 1. The Morgan fingerprint density at radius 2 is 1.96 bits per heavy atom. The molecule has 140 valence electrons. The lowest BCUT2D eigenvalue weighted by molar-refractivity contribution is -0.151. The van der Waals surface area contributed by atoms with Gasteiger partial charge in [-0.2, -0.15) is 0 Å². The molecule has 27 heavy (non-hydrogen) atoms. The first kappa shape index (κ1) is 18.8. The van der Waals surface area contributed by atoms with E-state index in [-0.39, 0.29) is 12.4 Å². The number of rotatable bonds is 5. The van der Waals surface area contributed by atoms with Crippen LogP contribution in [-0.2, 0) is 14.3 Å². The summed E-state index contributed by atoms with van der Waals surface area (Å²) in [6, 6.07) is 13.6. The molecule has 0 radical (unpaired) electrons. The third-order valence-electron chi connectivity index (χ3n) is 4.75. The fraction of sp³-hybridized carbons (Fsp3) is 0.273. The zero-order valence-corrected chi connectivity index (χ0v) is 15.3. The molecule has 3 rings (SSSR count). The molecule has 2 aromatic rings. The lowest BCUT2D eigenvalue weighted by Crippen LogP contribution is -2.34. The van der Waals surface area contributed by atoms with E-state index in [0.717, 1.165) is 11.1 Å². The maximum Gasteiger partial charge on any atom is 0.317 e. The molecule has 2 unspecified atom stereocenters. The van der Waals surface area contributed by atoms with Crippen molar-refractivity contribution in [1.82, 2.24) is 0 Å². The zero-order valence-electron chi connectivity index (χ0n) is 15.3. The molecule has 0 N–H and O–H groups in total. The molecule has 0 saturated heterocycles. The van der Waals surface area contributed by atoms with Crippen LogP contribution in [0.4, 0.5) is 4.39 Å². The highest BCUT2D eigenvalue weighted by atomic mass is 19.1. The van der Waals surface area contributed by atoms with Crippen molar-refractivity contribution in [1.29, 1.82) is 0 Å². The van der Waals surface area contributed by atoms with Gasteiger partial charge in [0.1, 0.15) is 17.5 Å². The third kappa shape index (κ3) is 3.92. The van der Waals surface area contributed by atoms with Crippen molar-refractivity contribution in [3.63, 3.8) is 0 Å². The summed E-state index contributed by atoms with van der Waals surface area (Å²) >= 11 is 0. The first-order valence-corrected chi connectivity index (χ1v) is 8.85. The fourth-order valence-corrected chi connectivity index (χ4v) is 3.48. The Labute approximate surface area is 157 Å². The number of carbonyl (C=O) groups is 2. The first-order chi connectivity index (χ1) is 13.0. The molecular formula is C22H21FO4. The van der Waals surface area contributed by atoms with E-state index in [9.17, 15) is 14.0 Å². The van der Waals surface area contributed by atoms with Crippen molar-refractivity contribution in [3.8, 4) is 5.75 Å². The van der Waals surface area contributed by atoms with Crippen molar-refractivity contribution < 1.29 is 23.5 Å². The molecule has 0 amide bonds. The minimum atomic E-state index is -1.05. The lowest BCUT2D eigenvalue weighted by atomic mass is 9.73. The normalized spacial score (nSPS) is 19.4. The van der Waals surface area contributed by atoms with Crippen molar-refractivity contribution in [3.05, 3.63) is 71.6 Å². The average Bonchev–Trinajstić information content (AvgIpc) is 2.68. The first-order valence-electron chi connectivity index (χ1n) is 8.85. The van der Waals surface area contributed by atoms with Crippen LogP contribution in [0.15, 0.2) is 54.6 Å². The van der Waals surface area contributed by atoms with E-state index in [1.54, 1.807) is 32.2 Å². The molecule has 0 aliphatic heterocycles. The Kier molecular flexibility index (Phi) is 5.69. The van der Waals surface area contributed by atoms with E-state index < -0.39 is 23.6 Å². The predicted octanol–water partition coefficient (Wildman–Crippen LogP) is 4.15. The van der Waals surface area contributed by atoms with E-state index >= 15 is 0 Å². The van der Waals surface area contributed by atoms with Crippen molar-refractivity contribution in [2.45, 2.75) is 19.3 Å². The smallest absolute Gasteiger partial charge is 0.317 e. The van der Waals surface area contributed by atoms with Crippen LogP contribution < -0.4 is 4.74 Å². The van der Waals surface area contributed by atoms with E-state index in [1.807, 2.05) is 24.3 Å². The SMILES string of the molecule is CCOC(=O)C1C(=O)C=C(c2cccc(OC)c2)CC1c1ccccc1F. The van der Waals surface area contributed by atoms with Crippen LogP contribution in [-0.4, -0.2) is 25.5 Å². The topological polar surface area (TPSA) is 52.6 Å². The maximum absolute atomic E-state index is 14.5. The van der Waals surface area contributed by atoms with Gasteiger partial charge in [0.05, 0.1) is 13.7 Å². The number of hydrogen-bond donors (Lipinski definition) is 0. The van der Waals surface area contributed by atoms with Gasteiger partial charge < -0.3 is 9.47 Å². The second-order valence-corrected chi connectivity index (χ2v) is 6.37.